The molecule has 4 nitrogen and oxygen atoms in total. The van der Waals surface area contributed by atoms with Gasteiger partial charge in [0.1, 0.15) is 5.60 Å². The van der Waals surface area contributed by atoms with Gasteiger partial charge in [0.2, 0.25) is 0 Å². The van der Waals surface area contributed by atoms with Crippen LogP contribution < -0.4 is 5.32 Å². The van der Waals surface area contributed by atoms with Crippen molar-refractivity contribution in [2.45, 2.75) is 39.4 Å². The molecule has 1 N–H and O–H groups in total. The van der Waals surface area contributed by atoms with E-state index in [2.05, 4.69) is 21.2 Å². The summed E-state index contributed by atoms with van der Waals surface area (Å²) >= 11 is 3.50. The first-order valence-electron chi connectivity index (χ1n) is 6.55. The van der Waals surface area contributed by atoms with Crippen LogP contribution in [0.1, 0.15) is 32.8 Å². The van der Waals surface area contributed by atoms with Crippen LogP contribution in [0.2, 0.25) is 0 Å². The lowest BCUT2D eigenvalue weighted by Gasteiger charge is -2.19. The lowest BCUT2D eigenvalue weighted by Crippen LogP contribution is -2.25. The summed E-state index contributed by atoms with van der Waals surface area (Å²) in [7, 11) is 1.66. The Morgan fingerprint density at radius 3 is 2.65 bits per heavy atom. The van der Waals surface area contributed by atoms with Crippen LogP contribution in [0.4, 0.5) is 5.69 Å². The predicted molar refractivity (Wildman–Crippen MR) is 83.8 cm³/mol. The molecule has 0 aliphatic heterocycles. The topological polar surface area (TPSA) is 47.6 Å². The molecule has 0 aliphatic rings. The fourth-order valence-corrected chi connectivity index (χ4v) is 2.19. The number of nitrogens with one attached hydrogen (secondary N) is 1. The van der Waals surface area contributed by atoms with Crippen LogP contribution in [0.5, 0.6) is 0 Å². The zero-order valence-corrected chi connectivity index (χ0v) is 14.0. The largest absolute Gasteiger partial charge is 0.460 e. The lowest BCUT2D eigenvalue weighted by molar-refractivity contribution is -0.154. The van der Waals surface area contributed by atoms with Crippen molar-refractivity contribution in [2.75, 3.05) is 19.0 Å². The highest BCUT2D eigenvalue weighted by Crippen LogP contribution is 2.25. The molecule has 112 valence electrons. The molecule has 0 radical (unpaired) electrons. The Hall–Kier alpha value is -1.07. The monoisotopic (exact) mass is 343 g/mol. The number of rotatable bonds is 6. The summed E-state index contributed by atoms with van der Waals surface area (Å²) < 4.78 is 11.4. The van der Waals surface area contributed by atoms with Gasteiger partial charge in [-0.05, 0) is 32.9 Å². The highest BCUT2D eigenvalue weighted by Gasteiger charge is 2.15. The maximum absolute atomic E-state index is 11.6. The van der Waals surface area contributed by atoms with Gasteiger partial charge in [-0.2, -0.15) is 0 Å². The van der Waals surface area contributed by atoms with E-state index in [1.807, 2.05) is 39.0 Å². The van der Waals surface area contributed by atoms with Crippen molar-refractivity contribution in [1.82, 2.24) is 0 Å². The van der Waals surface area contributed by atoms with E-state index < -0.39 is 5.60 Å². The van der Waals surface area contributed by atoms with Gasteiger partial charge >= 0.3 is 5.97 Å². The minimum Gasteiger partial charge on any atom is -0.460 e. The average molecular weight is 344 g/mol. The molecular weight excluding hydrogens is 322 g/mol. The molecular formula is C15H22BrNO3. The van der Waals surface area contributed by atoms with Crippen LogP contribution >= 0.6 is 15.9 Å². The first kappa shape index (κ1) is 17.0. The molecule has 1 rings (SSSR count). The second kappa shape index (κ2) is 7.64. The number of hydrogen-bond acceptors (Lipinski definition) is 4. The van der Waals surface area contributed by atoms with Crippen LogP contribution in [0.3, 0.4) is 0 Å². The number of hydrogen-bond donors (Lipinski definition) is 1. The standard InChI is InChI=1S/C15H22BrNO3/c1-15(2,3)20-14(18)8-9-17-13-7-5-6-12(16)11(13)10-19-4/h5-7,17H,8-10H2,1-4H3. The molecule has 20 heavy (non-hydrogen) atoms. The van der Waals surface area contributed by atoms with Gasteiger partial charge in [0, 0.05) is 29.4 Å². The summed E-state index contributed by atoms with van der Waals surface area (Å²) in [6.07, 6.45) is 0.330. The van der Waals surface area contributed by atoms with Gasteiger partial charge in [0.25, 0.3) is 0 Å². The van der Waals surface area contributed by atoms with Crippen molar-refractivity contribution in [2.24, 2.45) is 0 Å². The van der Waals surface area contributed by atoms with Crippen molar-refractivity contribution in [3.8, 4) is 0 Å². The molecule has 0 heterocycles. The second-order valence-electron chi connectivity index (χ2n) is 5.46. The fraction of sp³-hybridized carbons (Fsp3) is 0.533. The smallest absolute Gasteiger partial charge is 0.308 e. The Morgan fingerprint density at radius 1 is 1.35 bits per heavy atom. The van der Waals surface area contributed by atoms with E-state index in [0.717, 1.165) is 15.7 Å². The first-order valence-corrected chi connectivity index (χ1v) is 7.35. The number of methoxy groups -OCH3 is 1. The Kier molecular flexibility index (Phi) is 6.49. The fourth-order valence-electron chi connectivity index (χ4n) is 1.71. The molecule has 1 aromatic carbocycles. The maximum atomic E-state index is 11.6. The van der Waals surface area contributed by atoms with Crippen LogP contribution in [-0.4, -0.2) is 25.2 Å². The molecule has 0 aromatic heterocycles. The van der Waals surface area contributed by atoms with Gasteiger partial charge in [-0.15, -0.1) is 0 Å². The summed E-state index contributed by atoms with van der Waals surface area (Å²) in [6, 6.07) is 5.88. The van der Waals surface area contributed by atoms with Gasteiger partial charge in [-0.25, -0.2) is 0 Å². The summed E-state index contributed by atoms with van der Waals surface area (Å²) in [5.41, 5.74) is 1.57. The second-order valence-corrected chi connectivity index (χ2v) is 6.32. The molecule has 1 aromatic rings. The zero-order chi connectivity index (χ0) is 15.2. The number of esters is 1. The number of carbonyl (C=O) groups is 1. The van der Waals surface area contributed by atoms with E-state index in [0.29, 0.717) is 19.6 Å². The molecule has 0 aliphatic carbocycles. The Bertz CT molecular complexity index is 455. The van der Waals surface area contributed by atoms with Gasteiger partial charge < -0.3 is 14.8 Å². The molecule has 0 spiro atoms. The molecule has 0 atom stereocenters. The van der Waals surface area contributed by atoms with Gasteiger partial charge in [-0.3, -0.25) is 4.79 Å². The van der Waals surface area contributed by atoms with Crippen molar-refractivity contribution in [3.63, 3.8) is 0 Å². The van der Waals surface area contributed by atoms with Crippen molar-refractivity contribution in [3.05, 3.63) is 28.2 Å². The highest BCUT2D eigenvalue weighted by molar-refractivity contribution is 9.10. The number of ether oxygens (including phenoxy) is 2. The number of halogens is 1. The van der Waals surface area contributed by atoms with Crippen molar-refractivity contribution < 1.29 is 14.3 Å². The SMILES string of the molecule is COCc1c(Br)cccc1NCCC(=O)OC(C)(C)C. The van der Waals surface area contributed by atoms with E-state index in [9.17, 15) is 4.79 Å². The van der Waals surface area contributed by atoms with Crippen LogP contribution in [0, 0.1) is 0 Å². The van der Waals surface area contributed by atoms with Gasteiger partial charge in [0.15, 0.2) is 0 Å². The number of anilines is 1. The third-order valence-electron chi connectivity index (χ3n) is 2.47. The Balaban J connectivity index is 2.54. The van der Waals surface area contributed by atoms with E-state index in [-0.39, 0.29) is 5.97 Å². The van der Waals surface area contributed by atoms with Crippen LogP contribution in [-0.2, 0) is 20.9 Å². The summed E-state index contributed by atoms with van der Waals surface area (Å²) in [6.45, 7) is 6.63. The molecule has 5 heteroatoms. The number of carbonyl (C=O) groups excluding carboxylic acids is 1. The third-order valence-corrected chi connectivity index (χ3v) is 3.22. The van der Waals surface area contributed by atoms with Crippen LogP contribution in [0.25, 0.3) is 0 Å². The van der Waals surface area contributed by atoms with Gasteiger partial charge in [-0.1, -0.05) is 22.0 Å². The molecule has 0 fully saturated rings. The minimum atomic E-state index is -0.436. The Morgan fingerprint density at radius 2 is 2.05 bits per heavy atom. The first-order chi connectivity index (χ1) is 9.33. The predicted octanol–water partition coefficient (Wildman–Crippen LogP) is 3.74. The summed E-state index contributed by atoms with van der Waals surface area (Å²) in [4.78, 5) is 11.6. The Labute approximate surface area is 129 Å². The third kappa shape index (κ3) is 5.92. The quantitative estimate of drug-likeness (QED) is 0.799. The van der Waals surface area contributed by atoms with E-state index in [1.54, 1.807) is 7.11 Å². The lowest BCUT2D eigenvalue weighted by atomic mass is 10.2. The molecule has 0 saturated heterocycles. The van der Waals surface area contributed by atoms with E-state index >= 15 is 0 Å². The minimum absolute atomic E-state index is 0.201. The van der Waals surface area contributed by atoms with Crippen molar-refractivity contribution >= 4 is 27.6 Å². The molecule has 0 amide bonds. The zero-order valence-electron chi connectivity index (χ0n) is 12.5. The van der Waals surface area contributed by atoms with Gasteiger partial charge in [0.05, 0.1) is 13.0 Å². The molecule has 0 saturated carbocycles. The highest BCUT2D eigenvalue weighted by atomic mass is 79.9. The van der Waals surface area contributed by atoms with Crippen molar-refractivity contribution in [1.29, 1.82) is 0 Å². The summed E-state index contributed by atoms with van der Waals surface area (Å²) in [5, 5.41) is 3.24. The molecule has 0 bridgehead atoms. The van der Waals surface area contributed by atoms with E-state index in [4.69, 9.17) is 9.47 Å². The number of benzene rings is 1. The van der Waals surface area contributed by atoms with E-state index in [1.165, 1.54) is 0 Å². The average Bonchev–Trinajstić information content (AvgIpc) is 2.31. The summed E-state index contributed by atoms with van der Waals surface area (Å²) in [5.74, 6) is -0.201. The molecule has 0 unspecified atom stereocenters. The maximum Gasteiger partial charge on any atom is 0.308 e. The van der Waals surface area contributed by atoms with Crippen LogP contribution in [0.15, 0.2) is 22.7 Å². The normalized spacial score (nSPS) is 11.2.